The number of hydrogen-bond donors (Lipinski definition) is 1. The highest BCUT2D eigenvalue weighted by Crippen LogP contribution is 2.07. The molecule has 1 N–H and O–H groups in total. The van der Waals surface area contributed by atoms with Gasteiger partial charge >= 0.3 is 0 Å². The van der Waals surface area contributed by atoms with E-state index >= 15 is 0 Å². The molecule has 2 aromatic rings. The molecule has 4 heteroatoms. The first-order valence-corrected chi connectivity index (χ1v) is 7.80. The van der Waals surface area contributed by atoms with Crippen LogP contribution in [-0.4, -0.2) is 16.7 Å². The molecule has 0 amide bonds. The van der Waals surface area contributed by atoms with Gasteiger partial charge in [0.2, 0.25) is 5.89 Å². The lowest BCUT2D eigenvalue weighted by molar-refractivity contribution is 0.362. The fraction of sp³-hybridized carbons (Fsp3) is 0.529. The molecule has 1 aromatic heterocycles. The van der Waals surface area contributed by atoms with Gasteiger partial charge in [-0.1, -0.05) is 62.2 Å². The predicted molar refractivity (Wildman–Crippen MR) is 83.9 cm³/mol. The highest BCUT2D eigenvalue weighted by Gasteiger charge is 2.06. The largest absolute Gasteiger partial charge is 0.338 e. The van der Waals surface area contributed by atoms with Gasteiger partial charge in [-0.25, -0.2) is 0 Å². The third-order valence-corrected chi connectivity index (χ3v) is 3.38. The maximum atomic E-state index is 5.26. The predicted octanol–water partition coefficient (Wildman–Crippen LogP) is 3.58. The van der Waals surface area contributed by atoms with Crippen LogP contribution in [0.1, 0.15) is 50.4 Å². The molecule has 0 saturated carbocycles. The fourth-order valence-corrected chi connectivity index (χ4v) is 2.21. The molecular weight excluding hydrogens is 262 g/mol. The Morgan fingerprint density at radius 2 is 1.95 bits per heavy atom. The zero-order chi connectivity index (χ0) is 14.9. The van der Waals surface area contributed by atoms with Crippen molar-refractivity contribution in [1.82, 2.24) is 15.5 Å². The zero-order valence-corrected chi connectivity index (χ0v) is 13.0. The number of hydrogen-bond acceptors (Lipinski definition) is 4. The summed E-state index contributed by atoms with van der Waals surface area (Å²) in [6.45, 7) is 6.19. The van der Waals surface area contributed by atoms with E-state index in [4.69, 9.17) is 4.52 Å². The lowest BCUT2D eigenvalue weighted by Gasteiger charge is -2.04. The molecule has 0 fully saturated rings. The Hall–Kier alpha value is -1.68. The minimum absolute atomic E-state index is 0.656. The van der Waals surface area contributed by atoms with Gasteiger partial charge in [-0.05, 0) is 24.4 Å². The van der Waals surface area contributed by atoms with Crippen molar-refractivity contribution >= 4 is 0 Å². The molecule has 4 nitrogen and oxygen atoms in total. The topological polar surface area (TPSA) is 51.0 Å². The minimum atomic E-state index is 0.656. The Balaban J connectivity index is 1.66. The Bertz CT molecular complexity index is 508. The summed E-state index contributed by atoms with van der Waals surface area (Å²) in [6, 6.07) is 10.2. The van der Waals surface area contributed by atoms with Gasteiger partial charge in [-0.15, -0.1) is 0 Å². The van der Waals surface area contributed by atoms with Gasteiger partial charge in [0.05, 0.1) is 6.54 Å². The number of benzene rings is 1. The molecule has 0 saturated heterocycles. The van der Waals surface area contributed by atoms with E-state index in [1.54, 1.807) is 0 Å². The Morgan fingerprint density at radius 3 is 2.71 bits per heavy atom. The normalized spacial score (nSPS) is 11.2. The van der Waals surface area contributed by atoms with E-state index in [2.05, 4.69) is 41.4 Å². The van der Waals surface area contributed by atoms with E-state index in [0.29, 0.717) is 12.4 Å². The number of nitrogens with one attached hydrogen (secondary N) is 1. The fourth-order valence-electron chi connectivity index (χ4n) is 2.21. The number of aromatic nitrogens is 2. The smallest absolute Gasteiger partial charge is 0.240 e. The van der Waals surface area contributed by atoms with Crippen LogP contribution in [0.15, 0.2) is 34.9 Å². The van der Waals surface area contributed by atoms with Crippen molar-refractivity contribution in [3.63, 3.8) is 0 Å². The average molecular weight is 287 g/mol. The summed E-state index contributed by atoms with van der Waals surface area (Å²) in [4.78, 5) is 4.41. The molecule has 0 aliphatic rings. The number of unbranched alkanes of at least 4 members (excludes halogenated alkanes) is 1. The summed E-state index contributed by atoms with van der Waals surface area (Å²) < 4.78 is 5.26. The SMILES string of the molecule is CC(C)CCCCNCc1nc(Cc2ccccc2)no1. The van der Waals surface area contributed by atoms with Crippen LogP contribution >= 0.6 is 0 Å². The van der Waals surface area contributed by atoms with Crippen molar-refractivity contribution < 1.29 is 4.52 Å². The summed E-state index contributed by atoms with van der Waals surface area (Å²) in [6.07, 6.45) is 4.49. The van der Waals surface area contributed by atoms with Crippen molar-refractivity contribution in [2.75, 3.05) is 6.54 Å². The number of nitrogens with zero attached hydrogens (tertiary/aromatic N) is 2. The molecule has 114 valence electrons. The molecule has 0 radical (unpaired) electrons. The van der Waals surface area contributed by atoms with Gasteiger partial charge in [0, 0.05) is 6.42 Å². The van der Waals surface area contributed by atoms with E-state index < -0.39 is 0 Å². The highest BCUT2D eigenvalue weighted by molar-refractivity contribution is 5.18. The summed E-state index contributed by atoms with van der Waals surface area (Å²) >= 11 is 0. The molecule has 0 spiro atoms. The van der Waals surface area contributed by atoms with Crippen LogP contribution in [0, 0.1) is 5.92 Å². The second-order valence-corrected chi connectivity index (χ2v) is 5.83. The van der Waals surface area contributed by atoms with Gasteiger partial charge in [-0.2, -0.15) is 4.98 Å². The van der Waals surface area contributed by atoms with Crippen molar-refractivity contribution in [3.8, 4) is 0 Å². The first-order chi connectivity index (χ1) is 10.2. The maximum absolute atomic E-state index is 5.26. The van der Waals surface area contributed by atoms with Crippen LogP contribution in [-0.2, 0) is 13.0 Å². The van der Waals surface area contributed by atoms with Gasteiger partial charge in [0.1, 0.15) is 0 Å². The van der Waals surface area contributed by atoms with Gasteiger partial charge < -0.3 is 9.84 Å². The maximum Gasteiger partial charge on any atom is 0.240 e. The van der Waals surface area contributed by atoms with Gasteiger partial charge in [0.15, 0.2) is 5.82 Å². The number of rotatable bonds is 9. The highest BCUT2D eigenvalue weighted by atomic mass is 16.5. The van der Waals surface area contributed by atoms with Crippen molar-refractivity contribution in [2.45, 2.75) is 46.1 Å². The second-order valence-electron chi connectivity index (χ2n) is 5.83. The molecule has 21 heavy (non-hydrogen) atoms. The monoisotopic (exact) mass is 287 g/mol. The molecule has 1 aromatic carbocycles. The van der Waals surface area contributed by atoms with E-state index in [0.717, 1.165) is 24.7 Å². The summed E-state index contributed by atoms with van der Waals surface area (Å²) in [7, 11) is 0. The average Bonchev–Trinajstić information content (AvgIpc) is 2.91. The van der Waals surface area contributed by atoms with Crippen LogP contribution in [0.4, 0.5) is 0 Å². The minimum Gasteiger partial charge on any atom is -0.338 e. The summed E-state index contributed by atoms with van der Waals surface area (Å²) in [5.41, 5.74) is 1.20. The molecule has 0 bridgehead atoms. The first-order valence-electron chi connectivity index (χ1n) is 7.80. The lowest BCUT2D eigenvalue weighted by atomic mass is 10.1. The molecule has 0 atom stereocenters. The second kappa shape index (κ2) is 8.57. The van der Waals surface area contributed by atoms with Crippen LogP contribution in [0.2, 0.25) is 0 Å². The van der Waals surface area contributed by atoms with Crippen molar-refractivity contribution in [1.29, 1.82) is 0 Å². The van der Waals surface area contributed by atoms with E-state index in [-0.39, 0.29) is 0 Å². The molecule has 0 unspecified atom stereocenters. The first kappa shape index (κ1) is 15.7. The lowest BCUT2D eigenvalue weighted by Crippen LogP contribution is -2.15. The Labute approximate surface area is 127 Å². The molecular formula is C17H25N3O. The van der Waals surface area contributed by atoms with Crippen molar-refractivity contribution in [2.24, 2.45) is 5.92 Å². The van der Waals surface area contributed by atoms with Crippen LogP contribution in [0.25, 0.3) is 0 Å². The van der Waals surface area contributed by atoms with Crippen LogP contribution in [0.5, 0.6) is 0 Å². The van der Waals surface area contributed by atoms with Crippen molar-refractivity contribution in [3.05, 3.63) is 47.6 Å². The van der Waals surface area contributed by atoms with Crippen LogP contribution in [0.3, 0.4) is 0 Å². The van der Waals surface area contributed by atoms with Gasteiger partial charge in [0.25, 0.3) is 0 Å². The third kappa shape index (κ3) is 6.08. The summed E-state index contributed by atoms with van der Waals surface area (Å²) in [5.74, 6) is 2.21. The standard InChI is InChI=1S/C17H25N3O/c1-14(2)8-6-7-11-18-13-17-19-16(20-21-17)12-15-9-4-3-5-10-15/h3-5,9-10,14,18H,6-8,11-13H2,1-2H3. The molecule has 1 heterocycles. The zero-order valence-electron chi connectivity index (χ0n) is 13.0. The molecule has 2 rings (SSSR count). The Kier molecular flexibility index (Phi) is 6.41. The third-order valence-electron chi connectivity index (χ3n) is 3.38. The quantitative estimate of drug-likeness (QED) is 0.716. The molecule has 0 aliphatic carbocycles. The van der Waals surface area contributed by atoms with Gasteiger partial charge in [-0.3, -0.25) is 0 Å². The van der Waals surface area contributed by atoms with E-state index in [1.165, 1.54) is 24.8 Å². The molecule has 0 aliphatic heterocycles. The Morgan fingerprint density at radius 1 is 1.14 bits per heavy atom. The van der Waals surface area contributed by atoms with E-state index in [9.17, 15) is 0 Å². The summed E-state index contributed by atoms with van der Waals surface area (Å²) in [5, 5.41) is 7.38. The van der Waals surface area contributed by atoms with E-state index in [1.807, 2.05) is 18.2 Å². The van der Waals surface area contributed by atoms with Crippen LogP contribution < -0.4 is 5.32 Å².